The highest BCUT2D eigenvalue weighted by atomic mass is 79.9. The zero-order valence-electron chi connectivity index (χ0n) is 9.67. The fraction of sp³-hybridized carbons (Fsp3) is 0.154. The molecule has 0 bridgehead atoms. The number of hydrogen-bond acceptors (Lipinski definition) is 2. The topological polar surface area (TPSA) is 29.1 Å². The summed E-state index contributed by atoms with van der Waals surface area (Å²) in [5, 5.41) is 3.49. The maximum Gasteiger partial charge on any atom is 0.229 e. The summed E-state index contributed by atoms with van der Waals surface area (Å²) < 4.78 is 1.03. The van der Waals surface area contributed by atoms with Gasteiger partial charge in [0, 0.05) is 15.6 Å². The van der Waals surface area contributed by atoms with Gasteiger partial charge in [0.1, 0.15) is 0 Å². The molecule has 0 aliphatic heterocycles. The molecule has 0 aliphatic carbocycles. The SMILES string of the molecule is Cc1ccc(NC(=O)Cc2ccc(Br)s2)cc1Cl. The Labute approximate surface area is 123 Å². The summed E-state index contributed by atoms with van der Waals surface area (Å²) in [4.78, 5) is 12.9. The molecule has 2 aromatic rings. The van der Waals surface area contributed by atoms with E-state index in [1.165, 1.54) is 0 Å². The number of aryl methyl sites for hydroxylation is 1. The van der Waals surface area contributed by atoms with Crippen LogP contribution in [0.15, 0.2) is 34.1 Å². The molecule has 18 heavy (non-hydrogen) atoms. The predicted octanol–water partition coefficient (Wildman–Crippen LogP) is 4.65. The van der Waals surface area contributed by atoms with E-state index < -0.39 is 0 Å². The van der Waals surface area contributed by atoms with Gasteiger partial charge in [0.15, 0.2) is 0 Å². The number of rotatable bonds is 3. The third kappa shape index (κ3) is 3.57. The molecule has 0 saturated carbocycles. The molecule has 0 saturated heterocycles. The van der Waals surface area contributed by atoms with Crippen molar-refractivity contribution in [2.75, 3.05) is 5.32 Å². The van der Waals surface area contributed by atoms with Crippen LogP contribution in [0.3, 0.4) is 0 Å². The maximum atomic E-state index is 11.8. The molecule has 0 spiro atoms. The molecule has 1 aromatic heterocycles. The number of nitrogens with one attached hydrogen (secondary N) is 1. The van der Waals surface area contributed by atoms with E-state index in [-0.39, 0.29) is 5.91 Å². The summed E-state index contributed by atoms with van der Waals surface area (Å²) in [5.74, 6) is -0.0377. The van der Waals surface area contributed by atoms with Crippen LogP contribution in [0.2, 0.25) is 5.02 Å². The van der Waals surface area contributed by atoms with Crippen molar-refractivity contribution in [3.05, 3.63) is 49.6 Å². The Morgan fingerprint density at radius 2 is 2.17 bits per heavy atom. The first-order valence-electron chi connectivity index (χ1n) is 5.35. The molecular weight excluding hydrogens is 334 g/mol. The van der Waals surface area contributed by atoms with Crippen molar-refractivity contribution < 1.29 is 4.79 Å². The Morgan fingerprint density at radius 3 is 2.78 bits per heavy atom. The third-order valence-electron chi connectivity index (χ3n) is 2.42. The van der Waals surface area contributed by atoms with Crippen molar-refractivity contribution in [2.45, 2.75) is 13.3 Å². The van der Waals surface area contributed by atoms with Crippen LogP contribution in [0.5, 0.6) is 0 Å². The molecule has 0 atom stereocenters. The standard InChI is InChI=1S/C13H11BrClNOS/c1-8-2-3-9(6-11(8)15)16-13(17)7-10-4-5-12(14)18-10/h2-6H,7H2,1H3,(H,16,17). The van der Waals surface area contributed by atoms with Crippen molar-refractivity contribution >= 4 is 50.5 Å². The van der Waals surface area contributed by atoms with Crippen LogP contribution in [0.1, 0.15) is 10.4 Å². The van der Waals surface area contributed by atoms with Crippen LogP contribution in [0.25, 0.3) is 0 Å². The summed E-state index contributed by atoms with van der Waals surface area (Å²) in [7, 11) is 0. The molecule has 0 aliphatic rings. The zero-order valence-corrected chi connectivity index (χ0v) is 12.8. The van der Waals surface area contributed by atoms with Gasteiger partial charge in [0.05, 0.1) is 10.2 Å². The van der Waals surface area contributed by atoms with E-state index in [9.17, 15) is 4.79 Å². The van der Waals surface area contributed by atoms with E-state index in [0.717, 1.165) is 19.9 Å². The van der Waals surface area contributed by atoms with Gasteiger partial charge < -0.3 is 5.32 Å². The van der Waals surface area contributed by atoms with Crippen molar-refractivity contribution in [3.63, 3.8) is 0 Å². The minimum Gasteiger partial charge on any atom is -0.326 e. The lowest BCUT2D eigenvalue weighted by Crippen LogP contribution is -2.13. The number of halogens is 2. The van der Waals surface area contributed by atoms with E-state index >= 15 is 0 Å². The summed E-state index contributed by atoms with van der Waals surface area (Å²) in [6.45, 7) is 1.93. The van der Waals surface area contributed by atoms with Crippen molar-refractivity contribution in [1.29, 1.82) is 0 Å². The molecule has 1 amide bonds. The first-order valence-corrected chi connectivity index (χ1v) is 7.33. The number of carbonyl (C=O) groups is 1. The first-order chi connectivity index (χ1) is 8.54. The van der Waals surface area contributed by atoms with Gasteiger partial charge in [-0.1, -0.05) is 17.7 Å². The Kier molecular flexibility index (Phi) is 4.43. The zero-order chi connectivity index (χ0) is 13.1. The van der Waals surface area contributed by atoms with E-state index in [0.29, 0.717) is 11.4 Å². The van der Waals surface area contributed by atoms with E-state index in [2.05, 4.69) is 21.2 Å². The Balaban J connectivity index is 2.00. The van der Waals surface area contributed by atoms with Crippen molar-refractivity contribution in [2.24, 2.45) is 0 Å². The number of amides is 1. The average Bonchev–Trinajstić information content (AvgIpc) is 2.69. The molecule has 0 unspecified atom stereocenters. The molecular formula is C13H11BrClNOS. The lowest BCUT2D eigenvalue weighted by atomic mass is 10.2. The van der Waals surface area contributed by atoms with Gasteiger partial charge >= 0.3 is 0 Å². The fourth-order valence-corrected chi connectivity index (χ4v) is 3.14. The Hall–Kier alpha value is -0.840. The van der Waals surface area contributed by atoms with Gasteiger partial charge in [0.25, 0.3) is 0 Å². The second kappa shape index (κ2) is 5.87. The van der Waals surface area contributed by atoms with E-state index in [1.807, 2.05) is 31.2 Å². The average molecular weight is 345 g/mol. The number of benzene rings is 1. The highest BCUT2D eigenvalue weighted by molar-refractivity contribution is 9.11. The van der Waals surface area contributed by atoms with E-state index in [1.54, 1.807) is 17.4 Å². The minimum absolute atomic E-state index is 0.0377. The van der Waals surface area contributed by atoms with Crippen LogP contribution >= 0.6 is 38.9 Å². The highest BCUT2D eigenvalue weighted by Crippen LogP contribution is 2.23. The highest BCUT2D eigenvalue weighted by Gasteiger charge is 2.07. The first kappa shape index (κ1) is 13.6. The third-order valence-corrected chi connectivity index (χ3v) is 4.45. The summed E-state index contributed by atoms with van der Waals surface area (Å²) in [6, 6.07) is 9.38. The summed E-state index contributed by atoms with van der Waals surface area (Å²) in [5.41, 5.74) is 1.73. The molecule has 1 aromatic carbocycles. The second-order valence-electron chi connectivity index (χ2n) is 3.89. The molecule has 2 nitrogen and oxygen atoms in total. The quantitative estimate of drug-likeness (QED) is 0.862. The second-order valence-corrected chi connectivity index (χ2v) is 6.85. The van der Waals surface area contributed by atoms with Gasteiger partial charge in [-0.2, -0.15) is 0 Å². The smallest absolute Gasteiger partial charge is 0.229 e. The number of thiophene rings is 1. The molecule has 2 rings (SSSR count). The fourth-order valence-electron chi connectivity index (χ4n) is 1.48. The normalized spacial score (nSPS) is 10.4. The monoisotopic (exact) mass is 343 g/mol. The molecule has 94 valence electrons. The lowest BCUT2D eigenvalue weighted by Gasteiger charge is -2.06. The Morgan fingerprint density at radius 1 is 1.39 bits per heavy atom. The predicted molar refractivity (Wildman–Crippen MR) is 80.5 cm³/mol. The minimum atomic E-state index is -0.0377. The van der Waals surface area contributed by atoms with E-state index in [4.69, 9.17) is 11.6 Å². The summed E-state index contributed by atoms with van der Waals surface area (Å²) in [6.07, 6.45) is 0.377. The molecule has 0 fully saturated rings. The van der Waals surface area contributed by atoms with Gasteiger partial charge in [-0.15, -0.1) is 11.3 Å². The number of carbonyl (C=O) groups excluding carboxylic acids is 1. The van der Waals surface area contributed by atoms with Crippen LogP contribution in [0.4, 0.5) is 5.69 Å². The molecule has 1 N–H and O–H groups in total. The summed E-state index contributed by atoms with van der Waals surface area (Å²) >= 11 is 10.9. The molecule has 5 heteroatoms. The van der Waals surface area contributed by atoms with Gasteiger partial charge in [-0.25, -0.2) is 0 Å². The lowest BCUT2D eigenvalue weighted by molar-refractivity contribution is -0.115. The number of hydrogen-bond donors (Lipinski definition) is 1. The van der Waals surface area contributed by atoms with Crippen molar-refractivity contribution in [3.8, 4) is 0 Å². The van der Waals surface area contributed by atoms with Gasteiger partial charge in [0.2, 0.25) is 5.91 Å². The number of anilines is 1. The maximum absolute atomic E-state index is 11.8. The van der Waals surface area contributed by atoms with Crippen molar-refractivity contribution in [1.82, 2.24) is 0 Å². The molecule has 0 radical (unpaired) electrons. The van der Waals surface area contributed by atoms with Crippen LogP contribution < -0.4 is 5.32 Å². The largest absolute Gasteiger partial charge is 0.326 e. The van der Waals surface area contributed by atoms with Crippen LogP contribution in [0, 0.1) is 6.92 Å². The van der Waals surface area contributed by atoms with Crippen LogP contribution in [-0.4, -0.2) is 5.91 Å². The molecule has 1 heterocycles. The van der Waals surface area contributed by atoms with Gasteiger partial charge in [-0.05, 0) is 52.7 Å². The van der Waals surface area contributed by atoms with Crippen LogP contribution in [-0.2, 0) is 11.2 Å². The Bertz CT molecular complexity index is 582. The van der Waals surface area contributed by atoms with Gasteiger partial charge in [-0.3, -0.25) is 4.79 Å².